The zero-order valence-electron chi connectivity index (χ0n) is 10.4. The summed E-state index contributed by atoms with van der Waals surface area (Å²) in [4.78, 5) is 4.37. The van der Waals surface area contributed by atoms with E-state index in [1.54, 1.807) is 12.3 Å². The Morgan fingerprint density at radius 2 is 1.95 bits per heavy atom. The Bertz CT molecular complexity index is 579. The third kappa shape index (κ3) is 3.97. The van der Waals surface area contributed by atoms with Gasteiger partial charge in [0.2, 0.25) is 0 Å². The number of para-hydroxylation sites is 1. The first-order valence-corrected chi connectivity index (χ1v) is 6.30. The predicted molar refractivity (Wildman–Crippen MR) is 80.8 cm³/mol. The first kappa shape index (κ1) is 13.4. The van der Waals surface area contributed by atoms with Crippen LogP contribution in [-0.4, -0.2) is 12.8 Å². The molecule has 0 atom stereocenters. The molecule has 0 radical (unpaired) electrons. The molecule has 0 fully saturated rings. The number of ether oxygens (including phenoxy) is 1. The fourth-order valence-corrected chi connectivity index (χ4v) is 1.77. The Balaban J connectivity index is 2.12. The number of nitrogens with zero attached hydrogens (tertiary/aromatic N) is 1. The van der Waals surface area contributed by atoms with Crippen LogP contribution in [0, 0.1) is 0 Å². The molecule has 0 saturated carbocycles. The van der Waals surface area contributed by atoms with Crippen LogP contribution >= 0.6 is 11.6 Å². The molecule has 0 aromatic heterocycles. The number of benzene rings is 2. The molecule has 0 amide bonds. The van der Waals surface area contributed by atoms with Crippen LogP contribution in [0.4, 0.5) is 5.69 Å². The van der Waals surface area contributed by atoms with E-state index in [2.05, 4.69) is 11.6 Å². The summed E-state index contributed by atoms with van der Waals surface area (Å²) in [5, 5.41) is 0.568. The van der Waals surface area contributed by atoms with Crippen LogP contribution in [0.2, 0.25) is 5.02 Å². The quantitative estimate of drug-likeness (QED) is 0.573. The van der Waals surface area contributed by atoms with Gasteiger partial charge in [-0.05, 0) is 35.9 Å². The average molecular weight is 272 g/mol. The summed E-state index contributed by atoms with van der Waals surface area (Å²) in [5.74, 6) is 0.651. The highest BCUT2D eigenvalue weighted by atomic mass is 35.5. The number of hydrogen-bond acceptors (Lipinski definition) is 2. The highest BCUT2D eigenvalue weighted by molar-refractivity contribution is 6.32. The number of hydrogen-bond donors (Lipinski definition) is 0. The maximum absolute atomic E-state index is 6.13. The lowest BCUT2D eigenvalue weighted by Gasteiger charge is -2.05. The smallest absolute Gasteiger partial charge is 0.138 e. The van der Waals surface area contributed by atoms with Crippen molar-refractivity contribution in [2.24, 2.45) is 4.99 Å². The normalized spacial score (nSPS) is 10.6. The molecule has 0 bridgehead atoms. The summed E-state index contributed by atoms with van der Waals surface area (Å²) in [7, 11) is 0. The van der Waals surface area contributed by atoms with Gasteiger partial charge in [-0.1, -0.05) is 42.5 Å². The van der Waals surface area contributed by atoms with Crippen LogP contribution in [0.3, 0.4) is 0 Å². The molecule has 2 rings (SSSR count). The van der Waals surface area contributed by atoms with Gasteiger partial charge in [0.15, 0.2) is 0 Å². The average Bonchev–Trinajstić information content (AvgIpc) is 2.45. The van der Waals surface area contributed by atoms with Gasteiger partial charge in [-0.25, -0.2) is 0 Å². The van der Waals surface area contributed by atoms with E-state index >= 15 is 0 Å². The highest BCUT2D eigenvalue weighted by Gasteiger charge is 2.01. The van der Waals surface area contributed by atoms with Gasteiger partial charge in [0.25, 0.3) is 0 Å². The van der Waals surface area contributed by atoms with E-state index in [9.17, 15) is 0 Å². The lowest BCUT2D eigenvalue weighted by molar-refractivity contribution is 0.363. The van der Waals surface area contributed by atoms with Gasteiger partial charge in [0.05, 0.1) is 10.7 Å². The standard InChI is InChI=1S/C16H14ClNO/c1-2-10-19-16-9-8-13(11-15(16)17)12-18-14-6-4-3-5-7-14/h2-9,11-12H,1,10H2. The second kappa shape index (κ2) is 6.76. The van der Waals surface area contributed by atoms with E-state index in [-0.39, 0.29) is 0 Å². The van der Waals surface area contributed by atoms with E-state index < -0.39 is 0 Å². The summed E-state index contributed by atoms with van der Waals surface area (Å²) >= 11 is 6.13. The van der Waals surface area contributed by atoms with Crippen molar-refractivity contribution >= 4 is 23.5 Å². The Kier molecular flexibility index (Phi) is 4.76. The van der Waals surface area contributed by atoms with E-state index in [0.29, 0.717) is 17.4 Å². The van der Waals surface area contributed by atoms with Crippen LogP contribution in [-0.2, 0) is 0 Å². The third-order valence-corrected chi connectivity index (χ3v) is 2.73. The lowest BCUT2D eigenvalue weighted by atomic mass is 10.2. The molecule has 0 spiro atoms. The van der Waals surface area contributed by atoms with Gasteiger partial charge in [0.1, 0.15) is 12.4 Å². The van der Waals surface area contributed by atoms with Gasteiger partial charge < -0.3 is 4.74 Å². The van der Waals surface area contributed by atoms with Crippen LogP contribution in [0.5, 0.6) is 5.75 Å². The minimum atomic E-state index is 0.442. The van der Waals surface area contributed by atoms with Gasteiger partial charge in [-0.3, -0.25) is 4.99 Å². The molecule has 0 aliphatic carbocycles. The monoisotopic (exact) mass is 271 g/mol. The molecule has 3 heteroatoms. The van der Waals surface area contributed by atoms with Crippen molar-refractivity contribution < 1.29 is 4.74 Å². The lowest BCUT2D eigenvalue weighted by Crippen LogP contribution is -1.94. The van der Waals surface area contributed by atoms with Crippen molar-refractivity contribution in [3.8, 4) is 5.75 Å². The molecule has 0 heterocycles. The second-order valence-electron chi connectivity index (χ2n) is 3.88. The van der Waals surface area contributed by atoms with Crippen molar-refractivity contribution in [3.63, 3.8) is 0 Å². The summed E-state index contributed by atoms with van der Waals surface area (Å²) in [6.45, 7) is 4.04. The molecular weight excluding hydrogens is 258 g/mol. The largest absolute Gasteiger partial charge is 0.488 e. The Hall–Kier alpha value is -2.06. The van der Waals surface area contributed by atoms with Crippen molar-refractivity contribution in [1.82, 2.24) is 0 Å². The number of aliphatic imine (C=N–C) groups is 1. The first-order valence-electron chi connectivity index (χ1n) is 5.92. The molecule has 0 saturated heterocycles. The predicted octanol–water partition coefficient (Wildman–Crippen LogP) is 4.66. The molecule has 0 aliphatic rings. The molecule has 0 N–H and O–H groups in total. The zero-order valence-corrected chi connectivity index (χ0v) is 11.2. The zero-order chi connectivity index (χ0) is 13.5. The van der Waals surface area contributed by atoms with Crippen molar-refractivity contribution in [3.05, 3.63) is 71.8 Å². The molecule has 0 aliphatic heterocycles. The van der Waals surface area contributed by atoms with Gasteiger partial charge in [0, 0.05) is 6.21 Å². The molecule has 96 valence electrons. The van der Waals surface area contributed by atoms with Crippen LogP contribution in [0.15, 0.2) is 66.2 Å². The van der Waals surface area contributed by atoms with E-state index in [4.69, 9.17) is 16.3 Å². The third-order valence-electron chi connectivity index (χ3n) is 2.43. The maximum atomic E-state index is 6.13. The van der Waals surface area contributed by atoms with E-state index in [1.165, 1.54) is 0 Å². The minimum Gasteiger partial charge on any atom is -0.488 e. The van der Waals surface area contributed by atoms with Crippen LogP contribution in [0.25, 0.3) is 0 Å². The summed E-state index contributed by atoms with van der Waals surface area (Å²) < 4.78 is 5.41. The summed E-state index contributed by atoms with van der Waals surface area (Å²) in [6.07, 6.45) is 3.46. The van der Waals surface area contributed by atoms with E-state index in [1.807, 2.05) is 48.5 Å². The molecule has 2 aromatic carbocycles. The number of rotatable bonds is 5. The van der Waals surface area contributed by atoms with Crippen LogP contribution in [0.1, 0.15) is 5.56 Å². The minimum absolute atomic E-state index is 0.442. The topological polar surface area (TPSA) is 21.6 Å². The van der Waals surface area contributed by atoms with Crippen LogP contribution < -0.4 is 4.74 Å². The van der Waals surface area contributed by atoms with Crippen molar-refractivity contribution in [1.29, 1.82) is 0 Å². The number of halogens is 1. The van der Waals surface area contributed by atoms with E-state index in [0.717, 1.165) is 11.3 Å². The Morgan fingerprint density at radius 3 is 2.63 bits per heavy atom. The van der Waals surface area contributed by atoms with Gasteiger partial charge in [-0.15, -0.1) is 0 Å². The van der Waals surface area contributed by atoms with Crippen molar-refractivity contribution in [2.75, 3.05) is 6.61 Å². The Morgan fingerprint density at radius 1 is 1.16 bits per heavy atom. The molecular formula is C16H14ClNO. The highest BCUT2D eigenvalue weighted by Crippen LogP contribution is 2.25. The fraction of sp³-hybridized carbons (Fsp3) is 0.0625. The SMILES string of the molecule is C=CCOc1ccc(C=Nc2ccccc2)cc1Cl. The Labute approximate surface area is 118 Å². The maximum Gasteiger partial charge on any atom is 0.138 e. The molecule has 2 nitrogen and oxygen atoms in total. The summed E-state index contributed by atoms with van der Waals surface area (Å²) in [6, 6.07) is 15.3. The molecule has 19 heavy (non-hydrogen) atoms. The molecule has 2 aromatic rings. The molecule has 0 unspecified atom stereocenters. The van der Waals surface area contributed by atoms with Gasteiger partial charge in [-0.2, -0.15) is 0 Å². The second-order valence-corrected chi connectivity index (χ2v) is 4.29. The first-order chi connectivity index (χ1) is 9.29. The van der Waals surface area contributed by atoms with Crippen molar-refractivity contribution in [2.45, 2.75) is 0 Å². The fourth-order valence-electron chi connectivity index (χ4n) is 1.53. The van der Waals surface area contributed by atoms with Gasteiger partial charge >= 0.3 is 0 Å². The summed E-state index contributed by atoms with van der Waals surface area (Å²) in [5.41, 5.74) is 1.84.